The van der Waals surface area contributed by atoms with Crippen LogP contribution in [0.4, 0.5) is 5.69 Å². The number of aromatic amines is 1. The molecule has 2 aromatic rings. The Bertz CT molecular complexity index is 602. The molecule has 2 rings (SSSR count). The van der Waals surface area contributed by atoms with Crippen LogP contribution in [0.2, 0.25) is 0 Å². The molecule has 0 saturated heterocycles. The number of fused-ring (bicyclic) bond motifs is 1. The molecule has 0 spiro atoms. The first-order valence-corrected chi connectivity index (χ1v) is 5.98. The van der Waals surface area contributed by atoms with Crippen LogP contribution in [-0.2, 0) is 6.42 Å². The van der Waals surface area contributed by atoms with Gasteiger partial charge in [-0.25, -0.2) is 4.98 Å². The van der Waals surface area contributed by atoms with Crippen molar-refractivity contribution in [2.45, 2.75) is 26.3 Å². The first-order chi connectivity index (χ1) is 8.70. The summed E-state index contributed by atoms with van der Waals surface area (Å²) in [4.78, 5) is 7.52. The largest absolute Gasteiger partial charge is 0.382 e. The van der Waals surface area contributed by atoms with Crippen LogP contribution in [0.1, 0.15) is 19.4 Å². The van der Waals surface area contributed by atoms with Gasteiger partial charge in [-0.3, -0.25) is 0 Å². The molecule has 2 N–H and O–H groups in total. The fourth-order valence-electron chi connectivity index (χ4n) is 1.88. The molecule has 0 saturated carbocycles. The molecule has 0 amide bonds. The number of nitrogens with zero attached hydrogens (tertiary/aromatic N) is 2. The van der Waals surface area contributed by atoms with E-state index in [0.29, 0.717) is 6.04 Å². The van der Waals surface area contributed by atoms with Gasteiger partial charge in [-0.15, -0.1) is 0 Å². The topological polar surface area (TPSA) is 64.5 Å². The third-order valence-electron chi connectivity index (χ3n) is 2.60. The standard InChI is InChI=1S/C14H16N4/c1-10(2)18-12-7-13-11(5-3-4-6-15)8-16-14(13)17-9-12/h3-4,7-10,18H,5H2,1-2H3,(H,16,17)/b4-3-. The third-order valence-corrected chi connectivity index (χ3v) is 2.60. The first kappa shape index (κ1) is 12.2. The van der Waals surface area contributed by atoms with E-state index in [1.165, 1.54) is 6.08 Å². The molecule has 0 atom stereocenters. The van der Waals surface area contributed by atoms with Crippen molar-refractivity contribution in [3.05, 3.63) is 36.2 Å². The lowest BCUT2D eigenvalue weighted by atomic mass is 10.1. The van der Waals surface area contributed by atoms with E-state index in [-0.39, 0.29) is 0 Å². The monoisotopic (exact) mass is 240 g/mol. The maximum absolute atomic E-state index is 8.48. The lowest BCUT2D eigenvalue weighted by Gasteiger charge is -2.09. The first-order valence-electron chi connectivity index (χ1n) is 5.98. The molecule has 2 heterocycles. The molecule has 2 aromatic heterocycles. The lowest BCUT2D eigenvalue weighted by molar-refractivity contribution is 0.898. The van der Waals surface area contributed by atoms with Gasteiger partial charge < -0.3 is 10.3 Å². The number of aromatic nitrogens is 2. The van der Waals surface area contributed by atoms with E-state index in [2.05, 4.69) is 35.2 Å². The lowest BCUT2D eigenvalue weighted by Crippen LogP contribution is -2.09. The zero-order chi connectivity index (χ0) is 13.0. The van der Waals surface area contributed by atoms with Crippen LogP contribution < -0.4 is 5.32 Å². The van der Waals surface area contributed by atoms with Crippen LogP contribution in [0.25, 0.3) is 11.0 Å². The second-order valence-corrected chi connectivity index (χ2v) is 4.47. The molecule has 4 nitrogen and oxygen atoms in total. The Morgan fingerprint density at radius 2 is 2.39 bits per heavy atom. The van der Waals surface area contributed by atoms with Gasteiger partial charge in [0.15, 0.2) is 0 Å². The van der Waals surface area contributed by atoms with Crippen LogP contribution in [0.5, 0.6) is 0 Å². The molecule has 4 heteroatoms. The summed E-state index contributed by atoms with van der Waals surface area (Å²) in [6.45, 7) is 4.19. The number of H-pyrrole nitrogens is 1. The molecule has 0 aliphatic rings. The van der Waals surface area contributed by atoms with E-state index in [4.69, 9.17) is 5.26 Å². The second kappa shape index (κ2) is 5.37. The van der Waals surface area contributed by atoms with E-state index < -0.39 is 0 Å². The van der Waals surface area contributed by atoms with Gasteiger partial charge in [-0.2, -0.15) is 5.26 Å². The van der Waals surface area contributed by atoms with E-state index in [1.54, 1.807) is 0 Å². The van der Waals surface area contributed by atoms with Crippen molar-refractivity contribution in [2.24, 2.45) is 0 Å². The van der Waals surface area contributed by atoms with Gasteiger partial charge in [0.1, 0.15) is 5.65 Å². The summed E-state index contributed by atoms with van der Waals surface area (Å²) >= 11 is 0. The highest BCUT2D eigenvalue weighted by molar-refractivity contribution is 5.83. The highest BCUT2D eigenvalue weighted by Crippen LogP contribution is 2.21. The van der Waals surface area contributed by atoms with Gasteiger partial charge in [-0.1, -0.05) is 6.08 Å². The molecule has 0 fully saturated rings. The van der Waals surface area contributed by atoms with Crippen molar-refractivity contribution >= 4 is 16.7 Å². The summed E-state index contributed by atoms with van der Waals surface area (Å²) in [5.74, 6) is 0. The van der Waals surface area contributed by atoms with Gasteiger partial charge in [0.25, 0.3) is 0 Å². The third kappa shape index (κ3) is 2.69. The zero-order valence-corrected chi connectivity index (χ0v) is 10.6. The van der Waals surface area contributed by atoms with Crippen LogP contribution >= 0.6 is 0 Å². The number of nitrogens with one attached hydrogen (secondary N) is 2. The Morgan fingerprint density at radius 1 is 1.56 bits per heavy atom. The van der Waals surface area contributed by atoms with Crippen LogP contribution in [0, 0.1) is 11.3 Å². The average molecular weight is 240 g/mol. The number of rotatable bonds is 4. The van der Waals surface area contributed by atoms with Gasteiger partial charge in [0.05, 0.1) is 18.0 Å². The Morgan fingerprint density at radius 3 is 3.11 bits per heavy atom. The Labute approximate surface area is 106 Å². The highest BCUT2D eigenvalue weighted by Gasteiger charge is 2.05. The molecule has 92 valence electrons. The van der Waals surface area contributed by atoms with E-state index in [0.717, 1.165) is 28.7 Å². The minimum atomic E-state index is 0.380. The molecule has 0 aliphatic heterocycles. The van der Waals surface area contributed by atoms with Crippen molar-refractivity contribution in [2.75, 3.05) is 5.32 Å². The Hall–Kier alpha value is -2.28. The summed E-state index contributed by atoms with van der Waals surface area (Å²) < 4.78 is 0. The van der Waals surface area contributed by atoms with Crippen molar-refractivity contribution in [3.8, 4) is 6.07 Å². The summed E-state index contributed by atoms with van der Waals surface area (Å²) in [6, 6.07) is 4.47. The molecular weight excluding hydrogens is 224 g/mol. The van der Waals surface area contributed by atoms with Crippen molar-refractivity contribution < 1.29 is 0 Å². The SMILES string of the molecule is CC(C)Nc1cnc2[nH]cc(C/C=C\C#N)c2c1. The fourth-order valence-corrected chi connectivity index (χ4v) is 1.88. The average Bonchev–Trinajstić information content (AvgIpc) is 2.72. The van der Waals surface area contributed by atoms with Gasteiger partial charge in [0.2, 0.25) is 0 Å². The zero-order valence-electron chi connectivity index (χ0n) is 10.6. The van der Waals surface area contributed by atoms with Crippen LogP contribution in [0.3, 0.4) is 0 Å². The number of nitriles is 1. The molecule has 0 unspecified atom stereocenters. The van der Waals surface area contributed by atoms with Crippen LogP contribution in [0.15, 0.2) is 30.6 Å². The fraction of sp³-hybridized carbons (Fsp3) is 0.286. The minimum Gasteiger partial charge on any atom is -0.382 e. The molecule has 18 heavy (non-hydrogen) atoms. The molecular formula is C14H16N4. The number of pyridine rings is 1. The van der Waals surface area contributed by atoms with Gasteiger partial charge >= 0.3 is 0 Å². The quantitative estimate of drug-likeness (QED) is 0.807. The van der Waals surface area contributed by atoms with Crippen LogP contribution in [-0.4, -0.2) is 16.0 Å². The predicted octanol–water partition coefficient (Wildman–Crippen LogP) is 3.01. The second-order valence-electron chi connectivity index (χ2n) is 4.47. The summed E-state index contributed by atoms with van der Waals surface area (Å²) in [5.41, 5.74) is 3.05. The summed E-state index contributed by atoms with van der Waals surface area (Å²) in [7, 11) is 0. The smallest absolute Gasteiger partial charge is 0.137 e. The molecule has 0 aliphatic carbocycles. The molecule has 0 aromatic carbocycles. The van der Waals surface area contributed by atoms with E-state index in [9.17, 15) is 0 Å². The maximum Gasteiger partial charge on any atom is 0.137 e. The van der Waals surface area contributed by atoms with Gasteiger partial charge in [-0.05, 0) is 31.9 Å². The number of anilines is 1. The Balaban J connectivity index is 2.31. The van der Waals surface area contributed by atoms with E-state index >= 15 is 0 Å². The predicted molar refractivity (Wildman–Crippen MR) is 73.3 cm³/mol. The van der Waals surface area contributed by atoms with Crippen molar-refractivity contribution in [1.29, 1.82) is 5.26 Å². The van der Waals surface area contributed by atoms with E-state index in [1.807, 2.05) is 24.5 Å². The number of hydrogen-bond acceptors (Lipinski definition) is 3. The Kier molecular flexibility index (Phi) is 3.63. The summed E-state index contributed by atoms with van der Waals surface area (Å²) in [6.07, 6.45) is 7.86. The van der Waals surface area contributed by atoms with Crippen molar-refractivity contribution in [1.82, 2.24) is 9.97 Å². The van der Waals surface area contributed by atoms with Crippen molar-refractivity contribution in [3.63, 3.8) is 0 Å². The molecule has 0 radical (unpaired) electrons. The molecule has 0 bridgehead atoms. The number of hydrogen-bond donors (Lipinski definition) is 2. The number of allylic oxidation sites excluding steroid dienone is 2. The highest BCUT2D eigenvalue weighted by atomic mass is 14.9. The minimum absolute atomic E-state index is 0.380. The normalized spacial score (nSPS) is 11.2. The maximum atomic E-state index is 8.48. The van der Waals surface area contributed by atoms with Gasteiger partial charge in [0, 0.05) is 23.7 Å². The summed E-state index contributed by atoms with van der Waals surface area (Å²) in [5, 5.41) is 12.9.